The highest BCUT2D eigenvalue weighted by Gasteiger charge is 2.18. The van der Waals surface area contributed by atoms with Crippen LogP contribution in [0.3, 0.4) is 0 Å². The van der Waals surface area contributed by atoms with Crippen LogP contribution in [0, 0.1) is 17.2 Å². The van der Waals surface area contributed by atoms with Crippen LogP contribution in [0.15, 0.2) is 0 Å². The molecule has 0 amide bonds. The van der Waals surface area contributed by atoms with Crippen LogP contribution >= 0.6 is 0 Å². The van der Waals surface area contributed by atoms with E-state index in [1.807, 2.05) is 0 Å². The van der Waals surface area contributed by atoms with Crippen LogP contribution in [-0.4, -0.2) is 61.7 Å². The number of nitrogens with one attached hydrogen (secondary N) is 1. The van der Waals surface area contributed by atoms with Gasteiger partial charge in [-0.15, -0.1) is 0 Å². The summed E-state index contributed by atoms with van der Waals surface area (Å²) in [6.07, 6.45) is 2.03. The standard InChI is InChI=1S/C15H30N4/c1-4-6-17-15(12-16)5-7-18-8-10-19(11-9-18)13-14(2)3/h14-15,17H,4-11,13H2,1-3H3. The number of nitrogens with zero attached hydrogens (tertiary/aromatic N) is 3. The molecule has 0 saturated carbocycles. The van der Waals surface area contributed by atoms with E-state index in [0.29, 0.717) is 0 Å². The molecule has 110 valence electrons. The Morgan fingerprint density at radius 3 is 2.32 bits per heavy atom. The van der Waals surface area contributed by atoms with Gasteiger partial charge in [0.1, 0.15) is 0 Å². The molecule has 1 rings (SSSR count). The second kappa shape index (κ2) is 9.30. The van der Waals surface area contributed by atoms with E-state index in [1.165, 1.54) is 19.6 Å². The zero-order chi connectivity index (χ0) is 14.1. The lowest BCUT2D eigenvalue weighted by Gasteiger charge is -2.35. The summed E-state index contributed by atoms with van der Waals surface area (Å²) in [4.78, 5) is 5.05. The maximum absolute atomic E-state index is 9.08. The maximum atomic E-state index is 9.08. The fraction of sp³-hybridized carbons (Fsp3) is 0.933. The Morgan fingerprint density at radius 1 is 1.16 bits per heavy atom. The number of hydrogen-bond acceptors (Lipinski definition) is 4. The van der Waals surface area contributed by atoms with Crippen molar-refractivity contribution in [1.29, 1.82) is 5.26 Å². The van der Waals surface area contributed by atoms with E-state index >= 15 is 0 Å². The van der Waals surface area contributed by atoms with Crippen molar-refractivity contribution in [2.24, 2.45) is 5.92 Å². The molecular weight excluding hydrogens is 236 g/mol. The van der Waals surface area contributed by atoms with E-state index < -0.39 is 0 Å². The van der Waals surface area contributed by atoms with Gasteiger partial charge in [-0.1, -0.05) is 20.8 Å². The Kier molecular flexibility index (Phi) is 8.04. The molecule has 0 spiro atoms. The van der Waals surface area contributed by atoms with Gasteiger partial charge in [0.05, 0.1) is 12.1 Å². The van der Waals surface area contributed by atoms with Gasteiger partial charge in [0.15, 0.2) is 0 Å². The number of piperazine rings is 1. The summed E-state index contributed by atoms with van der Waals surface area (Å²) < 4.78 is 0. The molecule has 1 aliphatic rings. The van der Waals surface area contributed by atoms with Crippen LogP contribution in [0.2, 0.25) is 0 Å². The van der Waals surface area contributed by atoms with Crippen molar-refractivity contribution in [2.45, 2.75) is 39.7 Å². The third-order valence-corrected chi connectivity index (χ3v) is 3.62. The van der Waals surface area contributed by atoms with Gasteiger partial charge in [-0.05, 0) is 25.3 Å². The topological polar surface area (TPSA) is 42.3 Å². The molecule has 1 N–H and O–H groups in total. The van der Waals surface area contributed by atoms with Crippen LogP contribution < -0.4 is 5.32 Å². The largest absolute Gasteiger partial charge is 0.302 e. The first kappa shape index (κ1) is 16.4. The monoisotopic (exact) mass is 266 g/mol. The molecule has 4 nitrogen and oxygen atoms in total. The summed E-state index contributed by atoms with van der Waals surface area (Å²) in [5.41, 5.74) is 0. The average molecular weight is 266 g/mol. The van der Waals surface area contributed by atoms with E-state index in [4.69, 9.17) is 5.26 Å². The second-order valence-corrected chi connectivity index (χ2v) is 5.96. The molecule has 1 unspecified atom stereocenters. The van der Waals surface area contributed by atoms with Gasteiger partial charge in [0.25, 0.3) is 0 Å². The molecule has 1 aliphatic heterocycles. The van der Waals surface area contributed by atoms with Crippen molar-refractivity contribution >= 4 is 0 Å². The van der Waals surface area contributed by atoms with E-state index in [1.54, 1.807) is 0 Å². The predicted molar refractivity (Wildman–Crippen MR) is 80.0 cm³/mol. The minimum absolute atomic E-state index is 0.0219. The summed E-state index contributed by atoms with van der Waals surface area (Å²) in [7, 11) is 0. The van der Waals surface area contributed by atoms with Gasteiger partial charge in [-0.25, -0.2) is 0 Å². The van der Waals surface area contributed by atoms with E-state index in [9.17, 15) is 0 Å². The van der Waals surface area contributed by atoms with Crippen LogP contribution in [-0.2, 0) is 0 Å². The third kappa shape index (κ3) is 6.91. The van der Waals surface area contributed by atoms with Gasteiger partial charge in [0.2, 0.25) is 0 Å². The molecule has 1 heterocycles. The zero-order valence-corrected chi connectivity index (χ0v) is 12.9. The van der Waals surface area contributed by atoms with E-state index in [2.05, 4.69) is 42.0 Å². The lowest BCUT2D eigenvalue weighted by atomic mass is 10.1. The summed E-state index contributed by atoms with van der Waals surface area (Å²) in [5.74, 6) is 0.757. The van der Waals surface area contributed by atoms with E-state index in [-0.39, 0.29) is 6.04 Å². The van der Waals surface area contributed by atoms with Crippen molar-refractivity contribution in [3.8, 4) is 6.07 Å². The first-order valence-electron chi connectivity index (χ1n) is 7.73. The van der Waals surface area contributed by atoms with Gasteiger partial charge in [-0.2, -0.15) is 5.26 Å². The molecule has 0 aromatic rings. The Labute approximate surface area is 118 Å². The van der Waals surface area contributed by atoms with E-state index in [0.717, 1.165) is 44.9 Å². The normalized spacial score (nSPS) is 19.5. The number of hydrogen-bond donors (Lipinski definition) is 1. The SMILES string of the molecule is CCCNC(C#N)CCN1CCN(CC(C)C)CC1. The van der Waals surface area contributed by atoms with Crippen molar-refractivity contribution in [2.75, 3.05) is 45.8 Å². The van der Waals surface area contributed by atoms with Crippen LogP contribution in [0.5, 0.6) is 0 Å². The fourth-order valence-electron chi connectivity index (χ4n) is 2.55. The van der Waals surface area contributed by atoms with Crippen LogP contribution in [0.25, 0.3) is 0 Å². The van der Waals surface area contributed by atoms with Crippen molar-refractivity contribution in [3.05, 3.63) is 0 Å². The van der Waals surface area contributed by atoms with Gasteiger partial charge in [0, 0.05) is 39.3 Å². The van der Waals surface area contributed by atoms with Crippen molar-refractivity contribution in [1.82, 2.24) is 15.1 Å². The number of rotatable bonds is 8. The molecule has 4 heteroatoms. The van der Waals surface area contributed by atoms with Crippen LogP contribution in [0.4, 0.5) is 0 Å². The van der Waals surface area contributed by atoms with Crippen LogP contribution in [0.1, 0.15) is 33.6 Å². The summed E-state index contributed by atoms with van der Waals surface area (Å²) in [5, 5.41) is 12.4. The van der Waals surface area contributed by atoms with Gasteiger partial charge in [-0.3, -0.25) is 0 Å². The lowest BCUT2D eigenvalue weighted by Crippen LogP contribution is -2.48. The molecule has 0 radical (unpaired) electrons. The predicted octanol–water partition coefficient (Wildman–Crippen LogP) is 1.54. The minimum Gasteiger partial charge on any atom is -0.302 e. The molecule has 19 heavy (non-hydrogen) atoms. The lowest BCUT2D eigenvalue weighted by molar-refractivity contribution is 0.120. The molecule has 0 aromatic carbocycles. The zero-order valence-electron chi connectivity index (χ0n) is 12.9. The highest BCUT2D eigenvalue weighted by atomic mass is 15.3. The molecular formula is C15H30N4. The molecule has 1 saturated heterocycles. The summed E-state index contributed by atoms with van der Waals surface area (Å²) >= 11 is 0. The molecule has 1 fully saturated rings. The second-order valence-electron chi connectivity index (χ2n) is 5.96. The third-order valence-electron chi connectivity index (χ3n) is 3.62. The first-order chi connectivity index (χ1) is 9.15. The van der Waals surface area contributed by atoms with Gasteiger partial charge >= 0.3 is 0 Å². The fourth-order valence-corrected chi connectivity index (χ4v) is 2.55. The maximum Gasteiger partial charge on any atom is 0.0965 e. The summed E-state index contributed by atoms with van der Waals surface area (Å²) in [6.45, 7) is 14.6. The average Bonchev–Trinajstić information content (AvgIpc) is 2.40. The Morgan fingerprint density at radius 2 is 1.79 bits per heavy atom. The molecule has 0 bridgehead atoms. The Balaban J connectivity index is 2.16. The Bertz CT molecular complexity index is 264. The van der Waals surface area contributed by atoms with Crippen molar-refractivity contribution < 1.29 is 0 Å². The highest BCUT2D eigenvalue weighted by molar-refractivity contribution is 4.90. The minimum atomic E-state index is 0.0219. The quantitative estimate of drug-likeness (QED) is 0.724. The van der Waals surface area contributed by atoms with Gasteiger partial charge < -0.3 is 15.1 Å². The summed E-state index contributed by atoms with van der Waals surface area (Å²) in [6, 6.07) is 2.39. The molecule has 0 aliphatic carbocycles. The highest BCUT2D eigenvalue weighted by Crippen LogP contribution is 2.06. The smallest absolute Gasteiger partial charge is 0.0965 e. The Hall–Kier alpha value is -0.630. The molecule has 0 aromatic heterocycles. The molecule has 1 atom stereocenters. The first-order valence-corrected chi connectivity index (χ1v) is 7.73. The number of nitriles is 1. The van der Waals surface area contributed by atoms with Crippen molar-refractivity contribution in [3.63, 3.8) is 0 Å².